The minimum absolute atomic E-state index is 0.0298. The molecule has 2 amide bonds. The molecular weight excluding hydrogens is 364 g/mol. The zero-order chi connectivity index (χ0) is 20.9. The number of urea groups is 1. The van der Waals surface area contributed by atoms with Crippen molar-refractivity contribution in [2.75, 3.05) is 40.3 Å². The fourth-order valence-electron chi connectivity index (χ4n) is 3.73. The lowest BCUT2D eigenvalue weighted by Crippen LogP contribution is -2.45. The molecule has 0 fully saturated rings. The highest BCUT2D eigenvalue weighted by Crippen LogP contribution is 2.30. The number of fused-ring (bicyclic) bond motifs is 1. The van der Waals surface area contributed by atoms with Crippen LogP contribution >= 0.6 is 0 Å². The second kappa shape index (κ2) is 9.27. The second-order valence-corrected chi connectivity index (χ2v) is 8.53. The van der Waals surface area contributed by atoms with Gasteiger partial charge < -0.3 is 19.9 Å². The molecule has 0 aliphatic carbocycles. The van der Waals surface area contributed by atoms with Crippen LogP contribution in [0.25, 0.3) is 0 Å². The average Bonchev–Trinajstić information content (AvgIpc) is 2.82. The van der Waals surface area contributed by atoms with Gasteiger partial charge in [0, 0.05) is 43.9 Å². The predicted molar refractivity (Wildman–Crippen MR) is 115 cm³/mol. The van der Waals surface area contributed by atoms with Crippen molar-refractivity contribution in [2.45, 2.75) is 32.2 Å². The first-order valence-electron chi connectivity index (χ1n) is 10.2. The predicted octanol–water partition coefficient (Wildman–Crippen LogP) is 3.07. The number of carbonyl (C=O) groups is 1. The number of amides is 2. The first-order valence-corrected chi connectivity index (χ1v) is 10.2. The molecule has 156 valence electrons. The van der Waals surface area contributed by atoms with Crippen LogP contribution < -0.4 is 10.1 Å². The van der Waals surface area contributed by atoms with Crippen molar-refractivity contribution in [3.05, 3.63) is 59.3 Å². The zero-order valence-electron chi connectivity index (χ0n) is 17.9. The van der Waals surface area contributed by atoms with E-state index < -0.39 is 0 Å². The molecule has 0 radical (unpaired) electrons. The third-order valence-corrected chi connectivity index (χ3v) is 5.30. The van der Waals surface area contributed by atoms with Crippen LogP contribution in [0.2, 0.25) is 0 Å². The lowest BCUT2D eigenvalue weighted by atomic mass is 9.82. The Balaban J connectivity index is 1.57. The minimum Gasteiger partial charge on any atom is -0.476 e. The molecule has 0 spiro atoms. The lowest BCUT2D eigenvalue weighted by molar-refractivity contribution is 0.188. The van der Waals surface area contributed by atoms with Gasteiger partial charge in [-0.2, -0.15) is 0 Å². The van der Waals surface area contributed by atoms with Crippen molar-refractivity contribution in [2.24, 2.45) is 0 Å². The van der Waals surface area contributed by atoms with Crippen molar-refractivity contribution in [1.29, 1.82) is 0 Å². The number of aromatic nitrogens is 1. The average molecular weight is 397 g/mol. The number of carbonyl (C=O) groups excluding carboxylic acids is 1. The molecule has 6 nitrogen and oxygen atoms in total. The highest BCUT2D eigenvalue weighted by molar-refractivity contribution is 5.74. The van der Waals surface area contributed by atoms with E-state index in [-0.39, 0.29) is 11.4 Å². The molecule has 0 saturated carbocycles. The van der Waals surface area contributed by atoms with E-state index in [9.17, 15) is 4.79 Å². The normalized spacial score (nSPS) is 15.6. The van der Waals surface area contributed by atoms with E-state index in [1.807, 2.05) is 31.1 Å². The van der Waals surface area contributed by atoms with Crippen molar-refractivity contribution in [3.63, 3.8) is 0 Å². The van der Waals surface area contributed by atoms with Crippen molar-refractivity contribution >= 4 is 6.03 Å². The van der Waals surface area contributed by atoms with Crippen LogP contribution in [0.3, 0.4) is 0 Å². The molecule has 1 aromatic carbocycles. The summed E-state index contributed by atoms with van der Waals surface area (Å²) in [5, 5.41) is 3.06. The molecule has 2 heterocycles. The smallest absolute Gasteiger partial charge is 0.317 e. The number of nitrogens with one attached hydrogen (secondary N) is 1. The molecule has 1 aliphatic rings. The number of nitrogens with zero attached hydrogens (tertiary/aromatic N) is 3. The number of benzene rings is 1. The maximum absolute atomic E-state index is 12.9. The Hall–Kier alpha value is -2.60. The van der Waals surface area contributed by atoms with Gasteiger partial charge in [-0.1, -0.05) is 38.1 Å². The summed E-state index contributed by atoms with van der Waals surface area (Å²) in [6.07, 6.45) is 2.60. The summed E-state index contributed by atoms with van der Waals surface area (Å²) in [5.41, 5.74) is 3.57. The van der Waals surface area contributed by atoms with E-state index >= 15 is 0 Å². The lowest BCUT2D eigenvalue weighted by Gasteiger charge is -2.31. The fourth-order valence-corrected chi connectivity index (χ4v) is 3.73. The minimum atomic E-state index is -0.0749. The first kappa shape index (κ1) is 21.1. The van der Waals surface area contributed by atoms with Crippen LogP contribution in [0.4, 0.5) is 4.79 Å². The van der Waals surface area contributed by atoms with Crippen LogP contribution in [0.5, 0.6) is 5.88 Å². The molecule has 0 bridgehead atoms. The van der Waals surface area contributed by atoms with Gasteiger partial charge in [-0.05, 0) is 43.3 Å². The topological polar surface area (TPSA) is 57.7 Å². The monoisotopic (exact) mass is 396 g/mol. The van der Waals surface area contributed by atoms with Crippen LogP contribution in [-0.2, 0) is 18.4 Å². The summed E-state index contributed by atoms with van der Waals surface area (Å²) in [5.74, 6) is 0.588. The van der Waals surface area contributed by atoms with Gasteiger partial charge in [0.2, 0.25) is 5.88 Å². The number of likely N-dealkylation sites (N-methyl/N-ethyl adjacent to an activating group) is 1. The molecule has 1 N–H and O–H groups in total. The number of hydrogen-bond acceptors (Lipinski definition) is 4. The highest BCUT2D eigenvalue weighted by atomic mass is 16.5. The third kappa shape index (κ3) is 5.70. The molecule has 2 aromatic rings. The Morgan fingerprint density at radius 1 is 1.28 bits per heavy atom. The Morgan fingerprint density at radius 2 is 2.07 bits per heavy atom. The van der Waals surface area contributed by atoms with E-state index in [0.29, 0.717) is 25.6 Å². The molecule has 0 unspecified atom stereocenters. The number of rotatable bonds is 6. The maximum Gasteiger partial charge on any atom is 0.317 e. The Labute approximate surface area is 173 Å². The van der Waals surface area contributed by atoms with Gasteiger partial charge in [0.25, 0.3) is 0 Å². The molecular formula is C23H32N4O2. The van der Waals surface area contributed by atoms with Crippen LogP contribution in [0.15, 0.2) is 42.6 Å². The molecule has 3 rings (SSSR count). The van der Waals surface area contributed by atoms with Crippen LogP contribution in [0.1, 0.15) is 30.5 Å². The van der Waals surface area contributed by atoms with E-state index in [1.54, 1.807) is 6.20 Å². The molecule has 1 aromatic heterocycles. The number of hydrogen-bond donors (Lipinski definition) is 1. The Kier molecular flexibility index (Phi) is 6.75. The van der Waals surface area contributed by atoms with Gasteiger partial charge in [-0.3, -0.25) is 0 Å². The summed E-state index contributed by atoms with van der Waals surface area (Å²) in [6, 6.07) is 12.3. The quantitative estimate of drug-likeness (QED) is 0.815. The third-order valence-electron chi connectivity index (χ3n) is 5.30. The standard InChI is InChI=1S/C23H32N4O2/c1-23(2)17-27(12-10-19-7-5-6-8-20(19)23)22(28)25-16-18-9-11-24-21(15-18)29-14-13-26(3)4/h5-9,11,15H,10,12-14,16-17H2,1-4H3,(H,25,28). The van der Waals surface area contributed by atoms with Crippen LogP contribution in [-0.4, -0.2) is 61.2 Å². The van der Waals surface area contributed by atoms with Crippen molar-refractivity contribution < 1.29 is 9.53 Å². The van der Waals surface area contributed by atoms with Crippen molar-refractivity contribution in [1.82, 2.24) is 20.1 Å². The van der Waals surface area contributed by atoms with Gasteiger partial charge in [-0.25, -0.2) is 9.78 Å². The summed E-state index contributed by atoms with van der Waals surface area (Å²) in [4.78, 5) is 21.1. The second-order valence-electron chi connectivity index (χ2n) is 8.53. The van der Waals surface area contributed by atoms with Gasteiger partial charge in [0.1, 0.15) is 6.61 Å². The maximum atomic E-state index is 12.9. The summed E-state index contributed by atoms with van der Waals surface area (Å²) in [6.45, 7) is 7.70. The van der Waals surface area contributed by atoms with Gasteiger partial charge >= 0.3 is 6.03 Å². The molecule has 1 aliphatic heterocycles. The SMILES string of the molecule is CN(C)CCOc1cc(CNC(=O)N2CCc3ccccc3C(C)(C)C2)ccn1. The zero-order valence-corrected chi connectivity index (χ0v) is 17.9. The fraction of sp³-hybridized carbons (Fsp3) is 0.478. The number of ether oxygens (including phenoxy) is 1. The summed E-state index contributed by atoms with van der Waals surface area (Å²) >= 11 is 0. The largest absolute Gasteiger partial charge is 0.476 e. The molecule has 0 atom stereocenters. The van der Waals surface area contributed by atoms with Gasteiger partial charge in [0.05, 0.1) is 0 Å². The summed E-state index contributed by atoms with van der Waals surface area (Å²) < 4.78 is 5.68. The van der Waals surface area contributed by atoms with E-state index in [2.05, 4.69) is 53.3 Å². The van der Waals surface area contributed by atoms with Crippen molar-refractivity contribution in [3.8, 4) is 5.88 Å². The summed E-state index contributed by atoms with van der Waals surface area (Å²) in [7, 11) is 4.01. The molecule has 0 saturated heterocycles. The van der Waals surface area contributed by atoms with E-state index in [4.69, 9.17) is 4.74 Å². The van der Waals surface area contributed by atoms with E-state index in [1.165, 1.54) is 11.1 Å². The van der Waals surface area contributed by atoms with Gasteiger partial charge in [0.15, 0.2) is 0 Å². The van der Waals surface area contributed by atoms with Gasteiger partial charge in [-0.15, -0.1) is 0 Å². The number of pyridine rings is 1. The molecule has 6 heteroatoms. The highest BCUT2D eigenvalue weighted by Gasteiger charge is 2.31. The van der Waals surface area contributed by atoms with Crippen LogP contribution in [0, 0.1) is 0 Å². The Morgan fingerprint density at radius 3 is 2.86 bits per heavy atom. The molecule has 29 heavy (non-hydrogen) atoms. The van der Waals surface area contributed by atoms with E-state index in [0.717, 1.165) is 25.1 Å². The Bertz CT molecular complexity index is 835. The first-order chi connectivity index (χ1) is 13.8.